The highest BCUT2D eigenvalue weighted by Gasteiger charge is 2.32. The molecule has 128 valence electrons. The third-order valence-corrected chi connectivity index (χ3v) is 6.31. The minimum Gasteiger partial charge on any atom is -0.496 e. The molecule has 0 bridgehead atoms. The second kappa shape index (κ2) is 5.47. The molecule has 0 amide bonds. The van der Waals surface area contributed by atoms with E-state index in [9.17, 15) is 0 Å². The molecule has 0 N–H and O–H groups in total. The molecule has 2 nitrogen and oxygen atoms in total. The minimum atomic E-state index is 0.728. The summed E-state index contributed by atoms with van der Waals surface area (Å²) in [7, 11) is 1.78. The van der Waals surface area contributed by atoms with Crippen LogP contribution in [0.3, 0.4) is 0 Å². The first-order valence-corrected chi connectivity index (χ1v) is 9.42. The van der Waals surface area contributed by atoms with Gasteiger partial charge in [-0.2, -0.15) is 0 Å². The van der Waals surface area contributed by atoms with Crippen molar-refractivity contribution >= 4 is 21.5 Å². The predicted molar refractivity (Wildman–Crippen MR) is 105 cm³/mol. The predicted octanol–water partition coefficient (Wildman–Crippen LogP) is 5.14. The van der Waals surface area contributed by atoms with Gasteiger partial charge in [-0.3, -0.25) is 4.90 Å². The van der Waals surface area contributed by atoms with Crippen LogP contribution in [0.5, 0.6) is 5.75 Å². The van der Waals surface area contributed by atoms with Gasteiger partial charge in [0.1, 0.15) is 5.75 Å². The molecule has 0 aromatic heterocycles. The van der Waals surface area contributed by atoms with Crippen LogP contribution in [0.25, 0.3) is 21.5 Å². The highest BCUT2D eigenvalue weighted by molar-refractivity contribution is 6.11. The van der Waals surface area contributed by atoms with Crippen LogP contribution in [0.4, 0.5) is 0 Å². The number of nitrogens with zero attached hydrogens (tertiary/aromatic N) is 1. The Balaban J connectivity index is 1.90. The van der Waals surface area contributed by atoms with E-state index in [4.69, 9.17) is 4.74 Å². The zero-order chi connectivity index (χ0) is 17.1. The number of fused-ring (bicyclic) bond motifs is 7. The van der Waals surface area contributed by atoms with Crippen LogP contribution in [-0.2, 0) is 13.0 Å². The number of methoxy groups -OCH3 is 1. The van der Waals surface area contributed by atoms with Gasteiger partial charge in [-0.25, -0.2) is 0 Å². The molecule has 0 saturated carbocycles. The standard InChI is InChI=1S/C23H25NO/c1-14-6-7-17-18(9-14)19-10-15(2)23(25-3)12-21(19)20-11-16-5-4-8-24(16)13-22(17)20/h6-7,9-10,12,16H,4-5,8,11,13H2,1-3H3. The largest absolute Gasteiger partial charge is 0.496 e. The third kappa shape index (κ3) is 2.20. The van der Waals surface area contributed by atoms with Crippen LogP contribution >= 0.6 is 0 Å². The summed E-state index contributed by atoms with van der Waals surface area (Å²) in [4.78, 5) is 2.69. The molecule has 0 aliphatic carbocycles. The van der Waals surface area contributed by atoms with Crippen LogP contribution in [0, 0.1) is 13.8 Å². The molecule has 2 heterocycles. The van der Waals surface area contributed by atoms with Crippen molar-refractivity contribution in [1.82, 2.24) is 4.90 Å². The van der Waals surface area contributed by atoms with Crippen LogP contribution in [0.2, 0.25) is 0 Å². The van der Waals surface area contributed by atoms with Gasteiger partial charge in [-0.15, -0.1) is 0 Å². The summed E-state index contributed by atoms with van der Waals surface area (Å²) < 4.78 is 5.66. The molecule has 3 aromatic carbocycles. The number of hydrogen-bond donors (Lipinski definition) is 0. The van der Waals surface area contributed by atoms with E-state index in [2.05, 4.69) is 49.1 Å². The highest BCUT2D eigenvalue weighted by Crippen LogP contribution is 2.41. The van der Waals surface area contributed by atoms with E-state index in [1.165, 1.54) is 58.5 Å². The quantitative estimate of drug-likeness (QED) is 0.573. The van der Waals surface area contributed by atoms with Crippen molar-refractivity contribution in [3.8, 4) is 5.75 Å². The SMILES string of the molecule is COc1cc2c3c(c4ccc(C)cc4c2cc1C)CN1CCCC1C3. The Hall–Kier alpha value is -2.06. The summed E-state index contributed by atoms with van der Waals surface area (Å²) in [6.07, 6.45) is 3.87. The zero-order valence-corrected chi connectivity index (χ0v) is 15.4. The molecule has 2 aliphatic heterocycles. The summed E-state index contributed by atoms with van der Waals surface area (Å²) in [5, 5.41) is 5.64. The fourth-order valence-corrected chi connectivity index (χ4v) is 5.04. The van der Waals surface area contributed by atoms with Crippen molar-refractivity contribution in [2.45, 2.75) is 45.7 Å². The maximum atomic E-state index is 5.66. The second-order valence-electron chi connectivity index (χ2n) is 7.84. The maximum Gasteiger partial charge on any atom is 0.122 e. The van der Waals surface area contributed by atoms with Gasteiger partial charge in [0.2, 0.25) is 0 Å². The Morgan fingerprint density at radius 3 is 2.64 bits per heavy atom. The van der Waals surface area contributed by atoms with Crippen LogP contribution in [0.1, 0.15) is 35.1 Å². The van der Waals surface area contributed by atoms with Gasteiger partial charge in [0, 0.05) is 12.6 Å². The maximum absolute atomic E-state index is 5.66. The number of ether oxygens (including phenoxy) is 1. The molecular weight excluding hydrogens is 306 g/mol. The van der Waals surface area contributed by atoms with E-state index in [0.29, 0.717) is 0 Å². The second-order valence-corrected chi connectivity index (χ2v) is 7.84. The Morgan fingerprint density at radius 2 is 1.80 bits per heavy atom. The Bertz CT molecular complexity index is 1000. The molecule has 1 atom stereocenters. The van der Waals surface area contributed by atoms with Crippen molar-refractivity contribution in [2.75, 3.05) is 13.7 Å². The fourth-order valence-electron chi connectivity index (χ4n) is 5.04. The molecule has 0 spiro atoms. The number of hydrogen-bond acceptors (Lipinski definition) is 2. The van der Waals surface area contributed by atoms with E-state index in [1.807, 2.05) is 0 Å². The van der Waals surface area contributed by atoms with Crippen LogP contribution < -0.4 is 4.74 Å². The van der Waals surface area contributed by atoms with Gasteiger partial charge in [0.05, 0.1) is 7.11 Å². The van der Waals surface area contributed by atoms with Crippen LogP contribution in [-0.4, -0.2) is 24.6 Å². The number of rotatable bonds is 1. The van der Waals surface area contributed by atoms with Gasteiger partial charge in [-0.1, -0.05) is 23.8 Å². The Morgan fingerprint density at radius 1 is 0.960 bits per heavy atom. The molecule has 3 aromatic rings. The van der Waals surface area contributed by atoms with Crippen LogP contribution in [0.15, 0.2) is 30.3 Å². The van der Waals surface area contributed by atoms with Crippen molar-refractivity contribution in [3.05, 3.63) is 52.6 Å². The molecule has 2 heteroatoms. The zero-order valence-electron chi connectivity index (χ0n) is 15.4. The third-order valence-electron chi connectivity index (χ3n) is 6.31. The van der Waals surface area contributed by atoms with Gasteiger partial charge in [-0.05, 0) is 90.0 Å². The molecule has 25 heavy (non-hydrogen) atoms. The normalized spacial score (nSPS) is 20.0. The molecule has 5 rings (SSSR count). The molecular formula is C23H25NO. The van der Waals surface area contributed by atoms with Gasteiger partial charge >= 0.3 is 0 Å². The highest BCUT2D eigenvalue weighted by atomic mass is 16.5. The minimum absolute atomic E-state index is 0.728. The van der Waals surface area contributed by atoms with Crippen molar-refractivity contribution < 1.29 is 4.74 Å². The van der Waals surface area contributed by atoms with Gasteiger partial charge in [0.25, 0.3) is 0 Å². The molecule has 2 aliphatic rings. The molecule has 0 radical (unpaired) electrons. The summed E-state index contributed by atoms with van der Waals surface area (Å²) in [5.74, 6) is 1.01. The average Bonchev–Trinajstić information content (AvgIpc) is 3.07. The van der Waals surface area contributed by atoms with Gasteiger partial charge in [0.15, 0.2) is 0 Å². The van der Waals surface area contributed by atoms with Gasteiger partial charge < -0.3 is 4.74 Å². The van der Waals surface area contributed by atoms with Crippen molar-refractivity contribution in [2.24, 2.45) is 0 Å². The Kier molecular flexibility index (Phi) is 3.33. The summed E-state index contributed by atoms with van der Waals surface area (Å²) in [6.45, 7) is 6.70. The lowest BCUT2D eigenvalue weighted by Gasteiger charge is -2.33. The monoisotopic (exact) mass is 331 g/mol. The van der Waals surface area contributed by atoms with E-state index in [0.717, 1.165) is 18.3 Å². The fraction of sp³-hybridized carbons (Fsp3) is 0.391. The van der Waals surface area contributed by atoms with E-state index >= 15 is 0 Å². The van der Waals surface area contributed by atoms with E-state index < -0.39 is 0 Å². The lowest BCUT2D eigenvalue weighted by atomic mass is 9.84. The Labute approximate surface area is 149 Å². The first-order chi connectivity index (χ1) is 12.2. The average molecular weight is 331 g/mol. The van der Waals surface area contributed by atoms with E-state index in [1.54, 1.807) is 18.2 Å². The van der Waals surface area contributed by atoms with Crippen molar-refractivity contribution in [1.29, 1.82) is 0 Å². The smallest absolute Gasteiger partial charge is 0.122 e. The first kappa shape index (κ1) is 15.2. The van der Waals surface area contributed by atoms with E-state index in [-0.39, 0.29) is 0 Å². The van der Waals surface area contributed by atoms with Crippen molar-refractivity contribution in [3.63, 3.8) is 0 Å². The number of aryl methyl sites for hydroxylation is 2. The molecule has 1 fully saturated rings. The summed E-state index contributed by atoms with van der Waals surface area (Å²) in [5.41, 5.74) is 5.66. The lowest BCUT2D eigenvalue weighted by Crippen LogP contribution is -2.35. The number of benzene rings is 3. The summed E-state index contributed by atoms with van der Waals surface area (Å²) >= 11 is 0. The molecule has 1 saturated heterocycles. The lowest BCUT2D eigenvalue weighted by molar-refractivity contribution is 0.229. The summed E-state index contributed by atoms with van der Waals surface area (Å²) in [6, 6.07) is 12.3. The topological polar surface area (TPSA) is 12.5 Å². The molecule has 1 unspecified atom stereocenters. The first-order valence-electron chi connectivity index (χ1n) is 9.42.